The Morgan fingerprint density at radius 1 is 0.971 bits per heavy atom. The van der Waals surface area contributed by atoms with Crippen molar-refractivity contribution < 1.29 is 31.5 Å². The summed E-state index contributed by atoms with van der Waals surface area (Å²) in [6.45, 7) is 0.151. The number of ketones is 1. The molecule has 0 fully saturated rings. The number of rotatable bonds is 6. The van der Waals surface area contributed by atoms with Crippen LogP contribution in [0.25, 0.3) is 11.3 Å². The van der Waals surface area contributed by atoms with E-state index < -0.39 is 46.3 Å². The average Bonchev–Trinajstić information content (AvgIpc) is 3.24. The van der Waals surface area contributed by atoms with Crippen molar-refractivity contribution in [1.29, 1.82) is 0 Å². The van der Waals surface area contributed by atoms with E-state index in [-0.39, 0.29) is 35.6 Å². The van der Waals surface area contributed by atoms with Crippen LogP contribution in [0.4, 0.5) is 22.0 Å². The van der Waals surface area contributed by atoms with Gasteiger partial charge in [-0.1, -0.05) is 6.07 Å². The molecule has 0 bridgehead atoms. The van der Waals surface area contributed by atoms with Gasteiger partial charge in [-0.25, -0.2) is 22.0 Å². The molecule has 0 radical (unpaired) electrons. The van der Waals surface area contributed by atoms with Crippen LogP contribution in [0.15, 0.2) is 42.5 Å². The van der Waals surface area contributed by atoms with Crippen molar-refractivity contribution in [3.63, 3.8) is 0 Å². The van der Waals surface area contributed by atoms with Gasteiger partial charge < -0.3 is 9.88 Å². The molecule has 1 amide bonds. The van der Waals surface area contributed by atoms with E-state index in [1.807, 2.05) is 0 Å². The van der Waals surface area contributed by atoms with Crippen molar-refractivity contribution in [2.75, 3.05) is 0 Å². The summed E-state index contributed by atoms with van der Waals surface area (Å²) in [6, 6.07) is 6.81. The number of hydrogen-bond donors (Lipinski definition) is 2. The third-order valence-electron chi connectivity index (χ3n) is 5.41. The van der Waals surface area contributed by atoms with Crippen molar-refractivity contribution >= 4 is 11.7 Å². The number of carbonyl (C=O) groups is 2. The lowest BCUT2D eigenvalue weighted by molar-refractivity contribution is 0.0943. The SMILES string of the molecule is O=C(c1cc(C(=O)NCc2cc(-c3c(F)cccc3F)n[nH]2)n2c1C2)c1c(F)cc(F)cc1F. The highest BCUT2D eigenvalue weighted by molar-refractivity contribution is 6.12. The van der Waals surface area contributed by atoms with Gasteiger partial charge in [0, 0.05) is 23.4 Å². The average molecular weight is 472 g/mol. The number of nitrogens with zero attached hydrogens (tertiary/aromatic N) is 2. The molecule has 6 nitrogen and oxygen atoms in total. The van der Waals surface area contributed by atoms with Crippen LogP contribution >= 0.6 is 0 Å². The van der Waals surface area contributed by atoms with Gasteiger partial charge in [0.05, 0.1) is 35.6 Å². The van der Waals surface area contributed by atoms with Crippen molar-refractivity contribution in [2.45, 2.75) is 13.1 Å². The molecular formula is C23H13F5N4O2. The largest absolute Gasteiger partial charge is 0.345 e. The topological polar surface area (TPSA) is 79.8 Å². The number of amides is 1. The van der Waals surface area contributed by atoms with E-state index >= 15 is 0 Å². The van der Waals surface area contributed by atoms with Crippen LogP contribution < -0.4 is 5.32 Å². The van der Waals surface area contributed by atoms with E-state index in [9.17, 15) is 31.5 Å². The van der Waals surface area contributed by atoms with Crippen LogP contribution in [-0.4, -0.2) is 26.5 Å². The minimum Gasteiger partial charge on any atom is -0.345 e. The van der Waals surface area contributed by atoms with Gasteiger partial charge in [0.15, 0.2) is 0 Å². The monoisotopic (exact) mass is 472 g/mol. The molecule has 2 N–H and O–H groups in total. The van der Waals surface area contributed by atoms with Crippen molar-refractivity contribution in [3.05, 3.63) is 99.8 Å². The molecule has 11 heteroatoms. The summed E-state index contributed by atoms with van der Waals surface area (Å²) in [5.41, 5.74) is -0.400. The lowest BCUT2D eigenvalue weighted by atomic mass is 10.0. The first kappa shape index (κ1) is 21.6. The van der Waals surface area contributed by atoms with E-state index in [0.717, 1.165) is 12.1 Å². The van der Waals surface area contributed by atoms with Gasteiger partial charge in [0.25, 0.3) is 5.91 Å². The smallest absolute Gasteiger partial charge is 0.268 e. The Morgan fingerprint density at radius 3 is 2.32 bits per heavy atom. The standard InChI is InChI=1S/C23H13F5N4O2/c24-10-4-15(27)21(16(28)5-10)22(33)12-7-18(32-9-19(12)32)23(34)29-8-11-6-17(31-30-11)20-13(25)2-1-3-14(20)26/h1-7H,8-9H2,(H,29,34)(H,30,31). The van der Waals surface area contributed by atoms with E-state index in [4.69, 9.17) is 0 Å². The highest BCUT2D eigenvalue weighted by atomic mass is 19.2. The predicted molar refractivity (Wildman–Crippen MR) is 108 cm³/mol. The van der Waals surface area contributed by atoms with Crippen molar-refractivity contribution in [2.24, 2.45) is 0 Å². The number of fused-ring (bicyclic) bond motifs is 1. The number of halogens is 5. The van der Waals surface area contributed by atoms with Gasteiger partial charge in [-0.05, 0) is 24.3 Å². The Morgan fingerprint density at radius 2 is 1.65 bits per heavy atom. The van der Waals surface area contributed by atoms with Crippen LogP contribution in [0.5, 0.6) is 0 Å². The Labute approximate surface area is 188 Å². The fraction of sp³-hybridized carbons (Fsp3) is 0.0870. The summed E-state index contributed by atoms with van der Waals surface area (Å²) in [5, 5.41) is 9.03. The van der Waals surface area contributed by atoms with E-state index in [1.54, 1.807) is 0 Å². The van der Waals surface area contributed by atoms with Crippen LogP contribution in [-0.2, 0) is 13.1 Å². The molecule has 2 aromatic carbocycles. The zero-order chi connectivity index (χ0) is 24.1. The van der Waals surface area contributed by atoms with Crippen LogP contribution in [0.2, 0.25) is 0 Å². The zero-order valence-corrected chi connectivity index (χ0v) is 17.1. The van der Waals surface area contributed by atoms with Crippen molar-refractivity contribution in [3.8, 4) is 11.3 Å². The third kappa shape index (κ3) is 3.64. The number of carbonyl (C=O) groups excluding carboxylic acids is 2. The summed E-state index contributed by atoms with van der Waals surface area (Å²) in [7, 11) is 0. The van der Waals surface area contributed by atoms with Crippen LogP contribution in [0, 0.1) is 29.1 Å². The summed E-state index contributed by atoms with van der Waals surface area (Å²) in [6.07, 6.45) is 0. The second kappa shape index (κ2) is 7.94. The van der Waals surface area contributed by atoms with Gasteiger partial charge in [0.1, 0.15) is 34.8 Å². The summed E-state index contributed by atoms with van der Waals surface area (Å²) in [4.78, 5) is 25.3. The van der Waals surface area contributed by atoms with Crippen LogP contribution in [0.1, 0.15) is 37.8 Å². The fourth-order valence-corrected chi connectivity index (χ4v) is 3.74. The summed E-state index contributed by atoms with van der Waals surface area (Å²) in [5.74, 6) is -6.99. The molecule has 1 aliphatic heterocycles. The molecule has 1 aliphatic rings. The Hall–Kier alpha value is -4.28. The van der Waals surface area contributed by atoms with Gasteiger partial charge in [0.2, 0.25) is 5.78 Å². The molecule has 34 heavy (non-hydrogen) atoms. The molecule has 4 aromatic rings. The molecule has 2 aromatic heterocycles. The molecule has 5 rings (SSSR count). The zero-order valence-electron chi connectivity index (χ0n) is 17.1. The van der Waals surface area contributed by atoms with E-state index in [1.165, 1.54) is 22.8 Å². The Balaban J connectivity index is 1.32. The number of hydrogen-bond acceptors (Lipinski definition) is 3. The molecule has 0 spiro atoms. The summed E-state index contributed by atoms with van der Waals surface area (Å²) < 4.78 is 70.5. The molecule has 0 aliphatic carbocycles. The number of H-pyrrole nitrogens is 1. The lowest BCUT2D eigenvalue weighted by Crippen LogP contribution is -2.24. The highest BCUT2D eigenvalue weighted by Gasteiger charge is 2.34. The minimum atomic E-state index is -1.34. The second-order valence-corrected chi connectivity index (χ2v) is 7.61. The van der Waals surface area contributed by atoms with Gasteiger partial charge in [-0.3, -0.25) is 14.7 Å². The maximum atomic E-state index is 14.0. The molecule has 0 atom stereocenters. The fourth-order valence-electron chi connectivity index (χ4n) is 3.74. The Kier molecular flexibility index (Phi) is 5.03. The maximum absolute atomic E-state index is 14.0. The normalized spacial score (nSPS) is 11.9. The molecule has 0 saturated carbocycles. The molecule has 0 unspecified atom stereocenters. The molecule has 3 heterocycles. The van der Waals surface area contributed by atoms with Gasteiger partial charge in [-0.15, -0.1) is 0 Å². The molecular weight excluding hydrogens is 459 g/mol. The lowest BCUT2D eigenvalue weighted by Gasteiger charge is -2.04. The minimum absolute atomic E-state index is 0.0195. The molecule has 0 saturated heterocycles. The van der Waals surface area contributed by atoms with Gasteiger partial charge in [-0.2, -0.15) is 5.10 Å². The quantitative estimate of drug-likeness (QED) is 0.289. The predicted octanol–water partition coefficient (Wildman–Crippen LogP) is 4.10. The first-order valence-electron chi connectivity index (χ1n) is 9.93. The number of aromatic nitrogens is 3. The highest BCUT2D eigenvalue weighted by Crippen LogP contribution is 2.32. The first-order chi connectivity index (χ1) is 16.2. The van der Waals surface area contributed by atoms with Gasteiger partial charge >= 0.3 is 0 Å². The number of nitrogens with one attached hydrogen (secondary N) is 2. The second-order valence-electron chi connectivity index (χ2n) is 7.61. The van der Waals surface area contributed by atoms with Crippen LogP contribution in [0.3, 0.4) is 0 Å². The third-order valence-corrected chi connectivity index (χ3v) is 5.41. The van der Waals surface area contributed by atoms with E-state index in [0.29, 0.717) is 23.5 Å². The first-order valence-corrected chi connectivity index (χ1v) is 9.93. The Bertz CT molecular complexity index is 1450. The number of aromatic amines is 1. The summed E-state index contributed by atoms with van der Waals surface area (Å²) >= 11 is 0. The maximum Gasteiger partial charge on any atom is 0.268 e. The van der Waals surface area contributed by atoms with Crippen molar-refractivity contribution in [1.82, 2.24) is 20.1 Å². The molecule has 172 valence electrons. The number of benzene rings is 2. The van der Waals surface area contributed by atoms with E-state index in [2.05, 4.69) is 15.5 Å².